The summed E-state index contributed by atoms with van der Waals surface area (Å²) >= 11 is 0. The molecule has 0 aliphatic carbocycles. The van der Waals surface area contributed by atoms with Gasteiger partial charge in [-0.15, -0.1) is 0 Å². The monoisotopic (exact) mass is 237 g/mol. The molecule has 1 aromatic rings. The molecule has 0 heterocycles. The zero-order valence-electron chi connectivity index (χ0n) is 8.97. The molecule has 0 fully saturated rings. The number of nitrogens with zero attached hydrogens (tertiary/aromatic N) is 1. The Hall–Kier alpha value is -1.71. The molecule has 0 unspecified atom stereocenters. The number of allylic oxidation sites excluding steroid dienone is 1. The van der Waals surface area contributed by atoms with Crippen LogP contribution in [0.5, 0.6) is 0 Å². The number of sulfonamides is 1. The van der Waals surface area contributed by atoms with Crippen LogP contribution in [0.15, 0.2) is 34.1 Å². The average Bonchev–Trinajstić information content (AvgIpc) is 2.16. The predicted octanol–water partition coefficient (Wildman–Crippen LogP) is 2.02. The quantitative estimate of drug-likeness (QED) is 0.596. The lowest BCUT2D eigenvalue weighted by molar-refractivity contribution is 0.564. The Morgan fingerprint density at radius 1 is 1.44 bits per heavy atom. The fraction of sp³-hybridized carbons (Fsp3) is 0.182. The Morgan fingerprint density at radius 2 is 2.12 bits per heavy atom. The fourth-order valence-corrected chi connectivity index (χ4v) is 2.00. The Balaban J connectivity index is 3.17. The van der Waals surface area contributed by atoms with Crippen molar-refractivity contribution in [3.8, 4) is 0 Å². The summed E-state index contributed by atoms with van der Waals surface area (Å²) < 4.78 is 25.1. The number of hydrogen-bond acceptors (Lipinski definition) is 3. The van der Waals surface area contributed by atoms with Crippen molar-refractivity contribution in [1.82, 2.24) is 0 Å². The second kappa shape index (κ2) is 4.88. The van der Waals surface area contributed by atoms with Crippen LogP contribution in [0.2, 0.25) is 0 Å². The lowest BCUT2D eigenvalue weighted by Crippen LogP contribution is -1.91. The largest absolute Gasteiger partial charge is 0.286 e. The number of rotatable bonds is 3. The molecule has 0 aliphatic rings. The topological polar surface area (TPSA) is 63.6 Å². The number of carbonyl (C=O) groups excluding carboxylic acids is 1. The first-order chi connectivity index (χ1) is 7.44. The van der Waals surface area contributed by atoms with Crippen LogP contribution >= 0.6 is 0 Å². The van der Waals surface area contributed by atoms with Crippen LogP contribution in [-0.2, 0) is 14.8 Å². The molecule has 0 atom stereocenters. The second-order valence-corrected chi connectivity index (χ2v) is 4.82. The Kier molecular flexibility index (Phi) is 3.77. The molecule has 0 saturated carbocycles. The summed E-state index contributed by atoms with van der Waals surface area (Å²) in [4.78, 5) is 9.89. The summed E-state index contributed by atoms with van der Waals surface area (Å²) in [6.45, 7) is 3.56. The summed E-state index contributed by atoms with van der Waals surface area (Å²) in [6, 6.07) is 7.39. The van der Waals surface area contributed by atoms with Crippen LogP contribution in [-0.4, -0.2) is 14.5 Å². The van der Waals surface area contributed by atoms with Gasteiger partial charge in [-0.1, -0.05) is 34.2 Å². The molecule has 0 radical (unpaired) electrons. The van der Waals surface area contributed by atoms with Gasteiger partial charge in [0.1, 0.15) is 0 Å². The second-order valence-electron chi connectivity index (χ2n) is 3.37. The van der Waals surface area contributed by atoms with Crippen LogP contribution in [0.25, 0.3) is 5.57 Å². The van der Waals surface area contributed by atoms with Gasteiger partial charge in [0.25, 0.3) is 16.1 Å². The van der Waals surface area contributed by atoms with E-state index in [2.05, 4.69) is 4.40 Å². The fourth-order valence-electron chi connectivity index (χ4n) is 1.26. The van der Waals surface area contributed by atoms with Crippen molar-refractivity contribution >= 4 is 21.7 Å². The van der Waals surface area contributed by atoms with Crippen molar-refractivity contribution in [2.45, 2.75) is 13.8 Å². The first-order valence-corrected chi connectivity index (χ1v) is 6.04. The van der Waals surface area contributed by atoms with Gasteiger partial charge in [0.15, 0.2) is 0 Å². The smallest absolute Gasteiger partial charge is 0.210 e. The molecule has 0 saturated heterocycles. The molecular formula is C11H11NO3S. The number of aryl methyl sites for hydroxylation is 1. The highest BCUT2D eigenvalue weighted by atomic mass is 32.2. The molecule has 84 valence electrons. The van der Waals surface area contributed by atoms with E-state index in [9.17, 15) is 13.2 Å². The normalized spacial score (nSPS) is 12.0. The number of benzene rings is 1. The van der Waals surface area contributed by atoms with E-state index in [0.717, 1.165) is 22.6 Å². The SMILES string of the molecule is C/C(=C\S(=O)(=O)N=C=O)c1cccc(C)c1. The van der Waals surface area contributed by atoms with E-state index in [1.54, 1.807) is 13.0 Å². The highest BCUT2D eigenvalue weighted by Gasteiger charge is 2.05. The maximum Gasteiger partial charge on any atom is 0.286 e. The minimum Gasteiger partial charge on any atom is -0.210 e. The Bertz CT molecular complexity index is 567. The molecule has 4 nitrogen and oxygen atoms in total. The summed E-state index contributed by atoms with van der Waals surface area (Å²) in [5, 5.41) is 0.951. The van der Waals surface area contributed by atoms with Gasteiger partial charge in [-0.05, 0) is 25.0 Å². The van der Waals surface area contributed by atoms with E-state index >= 15 is 0 Å². The van der Waals surface area contributed by atoms with Crippen LogP contribution in [0.4, 0.5) is 0 Å². The summed E-state index contributed by atoms with van der Waals surface area (Å²) in [7, 11) is -3.85. The van der Waals surface area contributed by atoms with E-state index in [1.165, 1.54) is 0 Å². The van der Waals surface area contributed by atoms with Crippen molar-refractivity contribution in [2.24, 2.45) is 4.40 Å². The average molecular weight is 237 g/mol. The van der Waals surface area contributed by atoms with Crippen LogP contribution < -0.4 is 0 Å². The van der Waals surface area contributed by atoms with Gasteiger partial charge in [-0.25, -0.2) is 4.79 Å². The van der Waals surface area contributed by atoms with Gasteiger partial charge in [-0.2, -0.15) is 8.42 Å². The first kappa shape index (κ1) is 12.4. The zero-order valence-corrected chi connectivity index (χ0v) is 9.78. The standard InChI is InChI=1S/C11H11NO3S/c1-9-4-3-5-11(6-9)10(2)7-16(14,15)12-8-13/h3-7H,1-2H3/b10-7+. The van der Waals surface area contributed by atoms with Crippen molar-refractivity contribution in [3.63, 3.8) is 0 Å². The molecule has 1 rings (SSSR count). The summed E-state index contributed by atoms with van der Waals surface area (Å²) in [5.74, 6) is 0. The van der Waals surface area contributed by atoms with Gasteiger partial charge in [0, 0.05) is 0 Å². The van der Waals surface area contributed by atoms with Crippen molar-refractivity contribution in [3.05, 3.63) is 40.8 Å². The number of isocyanates is 1. The lowest BCUT2D eigenvalue weighted by atomic mass is 10.1. The molecule has 0 aromatic heterocycles. The summed E-state index contributed by atoms with van der Waals surface area (Å²) in [6.07, 6.45) is 1.02. The Morgan fingerprint density at radius 3 is 2.69 bits per heavy atom. The van der Waals surface area contributed by atoms with Gasteiger partial charge in [0.2, 0.25) is 0 Å². The third-order valence-electron chi connectivity index (χ3n) is 1.96. The minimum absolute atomic E-state index is 0.530. The van der Waals surface area contributed by atoms with Crippen LogP contribution in [0, 0.1) is 6.92 Å². The van der Waals surface area contributed by atoms with Gasteiger partial charge in [0.05, 0.1) is 5.41 Å². The summed E-state index contributed by atoms with van der Waals surface area (Å²) in [5.41, 5.74) is 2.34. The lowest BCUT2D eigenvalue weighted by Gasteiger charge is -2.01. The van der Waals surface area contributed by atoms with Gasteiger partial charge < -0.3 is 0 Å². The predicted molar refractivity (Wildman–Crippen MR) is 61.9 cm³/mol. The van der Waals surface area contributed by atoms with E-state index in [1.807, 2.05) is 25.1 Å². The molecule has 0 spiro atoms. The Labute approximate surface area is 94.4 Å². The van der Waals surface area contributed by atoms with Gasteiger partial charge >= 0.3 is 0 Å². The molecule has 0 N–H and O–H groups in total. The van der Waals surface area contributed by atoms with E-state index in [-0.39, 0.29) is 0 Å². The van der Waals surface area contributed by atoms with Crippen LogP contribution in [0.1, 0.15) is 18.1 Å². The van der Waals surface area contributed by atoms with Crippen molar-refractivity contribution in [1.29, 1.82) is 0 Å². The first-order valence-electron chi connectivity index (χ1n) is 4.54. The molecule has 5 heteroatoms. The van der Waals surface area contributed by atoms with Crippen molar-refractivity contribution < 1.29 is 13.2 Å². The molecule has 1 aromatic carbocycles. The third-order valence-corrected chi connectivity index (χ3v) is 2.94. The van der Waals surface area contributed by atoms with E-state index < -0.39 is 10.0 Å². The zero-order chi connectivity index (χ0) is 12.2. The molecule has 0 bridgehead atoms. The number of hydrogen-bond donors (Lipinski definition) is 0. The van der Waals surface area contributed by atoms with Crippen molar-refractivity contribution in [2.75, 3.05) is 0 Å². The molecule has 0 aliphatic heterocycles. The molecule has 16 heavy (non-hydrogen) atoms. The molecular weight excluding hydrogens is 226 g/mol. The van der Waals surface area contributed by atoms with Gasteiger partial charge in [-0.3, -0.25) is 0 Å². The highest BCUT2D eigenvalue weighted by molar-refractivity contribution is 7.93. The van der Waals surface area contributed by atoms with E-state index in [0.29, 0.717) is 5.57 Å². The maximum absolute atomic E-state index is 11.2. The van der Waals surface area contributed by atoms with E-state index in [4.69, 9.17) is 0 Å². The third kappa shape index (κ3) is 3.46. The molecule has 0 amide bonds. The highest BCUT2D eigenvalue weighted by Crippen LogP contribution is 2.16. The van der Waals surface area contributed by atoms with Crippen LogP contribution in [0.3, 0.4) is 0 Å². The maximum atomic E-state index is 11.2. The minimum atomic E-state index is -3.85.